The lowest BCUT2D eigenvalue weighted by atomic mass is 10.3. The highest BCUT2D eigenvalue weighted by Crippen LogP contribution is 2.16. The van der Waals surface area contributed by atoms with Crippen LogP contribution in [0.3, 0.4) is 0 Å². The van der Waals surface area contributed by atoms with Crippen LogP contribution in [-0.4, -0.2) is 38.0 Å². The fraction of sp³-hybridized carbons (Fsp3) is 0.176. The van der Waals surface area contributed by atoms with Crippen LogP contribution in [0, 0.1) is 5.82 Å². The molecule has 0 aliphatic carbocycles. The minimum absolute atomic E-state index is 0.0277. The molecule has 0 atom stereocenters. The topological polar surface area (TPSA) is 92.3 Å². The number of amides is 2. The summed E-state index contributed by atoms with van der Waals surface area (Å²) in [7, 11) is -3.35. The minimum atomic E-state index is -3.35. The van der Waals surface area contributed by atoms with E-state index in [2.05, 4.69) is 10.6 Å². The number of anilines is 2. The summed E-state index contributed by atoms with van der Waals surface area (Å²) in [5.41, 5.74) is 0.841. The third-order valence-electron chi connectivity index (χ3n) is 3.14. The zero-order valence-electron chi connectivity index (χ0n) is 13.9. The van der Waals surface area contributed by atoms with E-state index in [0.717, 1.165) is 18.0 Å². The van der Waals surface area contributed by atoms with Gasteiger partial charge < -0.3 is 10.6 Å². The van der Waals surface area contributed by atoms with Crippen LogP contribution in [0.1, 0.15) is 0 Å². The second-order valence-corrected chi connectivity index (χ2v) is 8.40. The van der Waals surface area contributed by atoms with Crippen molar-refractivity contribution in [3.8, 4) is 0 Å². The first-order valence-corrected chi connectivity index (χ1v) is 10.5. The predicted molar refractivity (Wildman–Crippen MR) is 101 cm³/mol. The highest BCUT2D eigenvalue weighted by atomic mass is 32.2. The molecule has 2 aromatic rings. The van der Waals surface area contributed by atoms with Gasteiger partial charge in [-0.25, -0.2) is 12.8 Å². The summed E-state index contributed by atoms with van der Waals surface area (Å²) in [5.74, 6) is -0.980. The van der Waals surface area contributed by atoms with Gasteiger partial charge in [0.15, 0.2) is 9.84 Å². The number of rotatable bonds is 7. The summed E-state index contributed by atoms with van der Waals surface area (Å²) >= 11 is 1.10. The highest BCUT2D eigenvalue weighted by molar-refractivity contribution is 8.00. The molecule has 0 aromatic heterocycles. The molecule has 0 bridgehead atoms. The first-order chi connectivity index (χ1) is 12.2. The normalized spacial score (nSPS) is 11.0. The lowest BCUT2D eigenvalue weighted by Crippen LogP contribution is -2.18. The van der Waals surface area contributed by atoms with E-state index < -0.39 is 15.7 Å². The van der Waals surface area contributed by atoms with Crippen molar-refractivity contribution in [1.29, 1.82) is 0 Å². The lowest BCUT2D eigenvalue weighted by molar-refractivity contribution is -0.114. The maximum atomic E-state index is 12.8. The number of thioether (sulfide) groups is 1. The van der Waals surface area contributed by atoms with E-state index >= 15 is 0 Å². The van der Waals surface area contributed by atoms with Crippen LogP contribution in [0.2, 0.25) is 0 Å². The third-order valence-corrected chi connectivity index (χ3v) is 5.18. The molecule has 9 heteroatoms. The zero-order chi connectivity index (χ0) is 19.2. The Morgan fingerprint density at radius 1 is 0.962 bits per heavy atom. The molecule has 6 nitrogen and oxygen atoms in total. The zero-order valence-corrected chi connectivity index (χ0v) is 15.5. The number of sulfone groups is 1. The van der Waals surface area contributed by atoms with E-state index in [-0.39, 0.29) is 28.2 Å². The molecule has 26 heavy (non-hydrogen) atoms. The molecule has 0 aliphatic rings. The summed E-state index contributed by atoms with van der Waals surface area (Å²) in [6.07, 6.45) is 1.09. The van der Waals surface area contributed by atoms with Gasteiger partial charge in [0.25, 0.3) is 0 Å². The van der Waals surface area contributed by atoms with Crippen LogP contribution in [-0.2, 0) is 19.4 Å². The Morgan fingerprint density at radius 3 is 2.12 bits per heavy atom. The van der Waals surface area contributed by atoms with E-state index in [1.807, 2.05) is 0 Å². The Kier molecular flexibility index (Phi) is 6.76. The van der Waals surface area contributed by atoms with Crippen LogP contribution in [0.15, 0.2) is 53.4 Å². The predicted octanol–water partition coefficient (Wildman–Crippen LogP) is 2.54. The van der Waals surface area contributed by atoms with Gasteiger partial charge in [0.05, 0.1) is 16.4 Å². The standard InChI is InChI=1S/C17H17FN2O4S2/c1-26(23,24)15-4-2-3-14(9-15)20-17(22)11-25-10-16(21)19-13-7-5-12(18)6-8-13/h2-9H,10-11H2,1H3,(H,19,21)(H,20,22). The molecule has 138 valence electrons. The van der Waals surface area contributed by atoms with Gasteiger partial charge in [-0.15, -0.1) is 11.8 Å². The third kappa shape index (κ3) is 6.49. The van der Waals surface area contributed by atoms with Crippen LogP contribution in [0.4, 0.5) is 15.8 Å². The molecular weight excluding hydrogens is 379 g/mol. The largest absolute Gasteiger partial charge is 0.325 e. The van der Waals surface area contributed by atoms with Crippen molar-refractivity contribution in [2.45, 2.75) is 4.90 Å². The van der Waals surface area contributed by atoms with Crippen molar-refractivity contribution in [2.75, 3.05) is 28.4 Å². The molecule has 0 aliphatic heterocycles. The number of carbonyl (C=O) groups excluding carboxylic acids is 2. The van der Waals surface area contributed by atoms with Crippen LogP contribution in [0.25, 0.3) is 0 Å². The van der Waals surface area contributed by atoms with Crippen LogP contribution in [0.5, 0.6) is 0 Å². The molecule has 0 saturated carbocycles. The molecule has 0 radical (unpaired) electrons. The van der Waals surface area contributed by atoms with Crippen molar-refractivity contribution in [1.82, 2.24) is 0 Å². The molecule has 0 unspecified atom stereocenters. The Hall–Kier alpha value is -2.39. The van der Waals surface area contributed by atoms with Crippen molar-refractivity contribution < 1.29 is 22.4 Å². The molecule has 0 saturated heterocycles. The summed E-state index contributed by atoms with van der Waals surface area (Å²) in [6, 6.07) is 11.3. The summed E-state index contributed by atoms with van der Waals surface area (Å²) in [5, 5.41) is 5.18. The number of nitrogens with one attached hydrogen (secondary N) is 2. The number of halogens is 1. The van der Waals surface area contributed by atoms with Crippen LogP contribution < -0.4 is 10.6 Å². The average molecular weight is 396 g/mol. The maximum absolute atomic E-state index is 12.8. The second kappa shape index (κ2) is 8.81. The van der Waals surface area contributed by atoms with Crippen molar-refractivity contribution >= 4 is 44.8 Å². The Balaban J connectivity index is 1.78. The van der Waals surface area contributed by atoms with Crippen molar-refractivity contribution in [2.24, 2.45) is 0 Å². The Labute approximate surface area is 155 Å². The van der Waals surface area contributed by atoms with Crippen molar-refractivity contribution in [3.05, 3.63) is 54.3 Å². The van der Waals surface area contributed by atoms with Gasteiger partial charge in [0.2, 0.25) is 11.8 Å². The van der Waals surface area contributed by atoms with Crippen molar-refractivity contribution in [3.63, 3.8) is 0 Å². The monoisotopic (exact) mass is 396 g/mol. The van der Waals surface area contributed by atoms with E-state index in [4.69, 9.17) is 0 Å². The lowest BCUT2D eigenvalue weighted by Gasteiger charge is -2.07. The number of hydrogen-bond donors (Lipinski definition) is 2. The molecule has 2 aromatic carbocycles. The fourth-order valence-corrected chi connectivity index (χ4v) is 3.25. The summed E-state index contributed by atoms with van der Waals surface area (Å²) < 4.78 is 35.8. The van der Waals surface area contributed by atoms with Crippen LogP contribution >= 0.6 is 11.8 Å². The van der Waals surface area contributed by atoms with Gasteiger partial charge in [-0.1, -0.05) is 6.07 Å². The van der Waals surface area contributed by atoms with Gasteiger partial charge in [-0.3, -0.25) is 9.59 Å². The smallest absolute Gasteiger partial charge is 0.234 e. The first-order valence-electron chi connectivity index (χ1n) is 7.47. The molecule has 2 N–H and O–H groups in total. The molecule has 0 fully saturated rings. The molecule has 2 amide bonds. The van der Waals surface area contributed by atoms with Gasteiger partial charge in [-0.2, -0.15) is 0 Å². The molecule has 0 spiro atoms. The van der Waals surface area contributed by atoms with Gasteiger partial charge in [0, 0.05) is 17.6 Å². The first kappa shape index (κ1) is 19.9. The minimum Gasteiger partial charge on any atom is -0.325 e. The fourth-order valence-electron chi connectivity index (χ4n) is 1.97. The van der Waals surface area contributed by atoms with E-state index in [1.165, 1.54) is 42.5 Å². The van der Waals surface area contributed by atoms with Gasteiger partial charge in [0.1, 0.15) is 5.82 Å². The SMILES string of the molecule is CS(=O)(=O)c1cccc(NC(=O)CSCC(=O)Nc2ccc(F)cc2)c1. The van der Waals surface area contributed by atoms with E-state index in [1.54, 1.807) is 6.07 Å². The summed E-state index contributed by atoms with van der Waals surface area (Å²) in [4.78, 5) is 23.8. The molecule has 2 rings (SSSR count). The number of carbonyl (C=O) groups is 2. The number of benzene rings is 2. The second-order valence-electron chi connectivity index (χ2n) is 5.40. The molecular formula is C17H17FN2O4S2. The maximum Gasteiger partial charge on any atom is 0.234 e. The van der Waals surface area contributed by atoms with Gasteiger partial charge >= 0.3 is 0 Å². The average Bonchev–Trinajstić information content (AvgIpc) is 2.56. The quantitative estimate of drug-likeness (QED) is 0.750. The number of hydrogen-bond acceptors (Lipinski definition) is 5. The molecule has 0 heterocycles. The van der Waals surface area contributed by atoms with E-state index in [9.17, 15) is 22.4 Å². The van der Waals surface area contributed by atoms with Gasteiger partial charge in [-0.05, 0) is 42.5 Å². The van der Waals surface area contributed by atoms with E-state index in [0.29, 0.717) is 11.4 Å². The highest BCUT2D eigenvalue weighted by Gasteiger charge is 2.10. The summed E-state index contributed by atoms with van der Waals surface area (Å²) in [6.45, 7) is 0. The Bertz CT molecular complexity index is 899. The Morgan fingerprint density at radius 2 is 1.54 bits per heavy atom.